The van der Waals surface area contributed by atoms with Gasteiger partial charge in [0.2, 0.25) is 0 Å². The van der Waals surface area contributed by atoms with Crippen molar-refractivity contribution in [2.45, 2.75) is 32.8 Å². The Morgan fingerprint density at radius 2 is 1.48 bits per heavy atom. The summed E-state index contributed by atoms with van der Waals surface area (Å²) in [7, 11) is 0. The van der Waals surface area contributed by atoms with Crippen LogP contribution in [-0.2, 0) is 0 Å². The first-order chi connectivity index (χ1) is 10.1. The van der Waals surface area contributed by atoms with Crippen molar-refractivity contribution in [3.63, 3.8) is 0 Å². The Bertz CT molecular complexity index is 570. The van der Waals surface area contributed by atoms with Crippen LogP contribution in [0.25, 0.3) is 0 Å². The quantitative estimate of drug-likeness (QED) is 0.798. The van der Waals surface area contributed by atoms with Gasteiger partial charge in [0.1, 0.15) is 0 Å². The molecule has 2 rings (SSSR count). The summed E-state index contributed by atoms with van der Waals surface area (Å²) >= 11 is 0. The summed E-state index contributed by atoms with van der Waals surface area (Å²) in [6.07, 6.45) is 1.29. The van der Waals surface area contributed by atoms with Crippen LogP contribution in [0.15, 0.2) is 54.6 Å². The lowest BCUT2D eigenvalue weighted by atomic mass is 9.97. The van der Waals surface area contributed by atoms with Gasteiger partial charge in [0, 0.05) is 11.1 Å². The van der Waals surface area contributed by atoms with Gasteiger partial charge in [0.05, 0.1) is 6.10 Å². The zero-order valence-corrected chi connectivity index (χ0v) is 12.6. The smallest absolute Gasteiger partial charge is 0.193 e. The third-order valence-corrected chi connectivity index (χ3v) is 3.61. The van der Waals surface area contributed by atoms with E-state index in [1.54, 1.807) is 12.1 Å². The van der Waals surface area contributed by atoms with E-state index in [9.17, 15) is 9.90 Å². The molecule has 2 aromatic rings. The molecule has 0 bridgehead atoms. The van der Waals surface area contributed by atoms with Crippen LogP contribution in [0.4, 0.5) is 0 Å². The highest BCUT2D eigenvalue weighted by Gasteiger charge is 2.11. The van der Waals surface area contributed by atoms with E-state index in [0.717, 1.165) is 18.4 Å². The molecular weight excluding hydrogens is 260 g/mol. The number of carbonyl (C=O) groups is 1. The maximum absolute atomic E-state index is 12.3. The fraction of sp³-hybridized carbons (Fsp3) is 0.316. The molecular formula is C19H22O2. The summed E-state index contributed by atoms with van der Waals surface area (Å²) in [5.74, 6) is 0.595. The lowest BCUT2D eigenvalue weighted by Gasteiger charge is -2.13. The van der Waals surface area contributed by atoms with Crippen molar-refractivity contribution in [3.05, 3.63) is 71.3 Å². The van der Waals surface area contributed by atoms with E-state index in [2.05, 4.69) is 13.8 Å². The second-order valence-electron chi connectivity index (χ2n) is 5.80. The second-order valence-corrected chi connectivity index (χ2v) is 5.80. The molecule has 1 atom stereocenters. The van der Waals surface area contributed by atoms with E-state index in [4.69, 9.17) is 0 Å². The SMILES string of the molecule is CC(C)CC[C@@H](O)c1ccc(C(=O)c2ccccc2)cc1. The molecule has 110 valence electrons. The fourth-order valence-electron chi connectivity index (χ4n) is 2.27. The zero-order valence-electron chi connectivity index (χ0n) is 12.6. The van der Waals surface area contributed by atoms with Crippen LogP contribution >= 0.6 is 0 Å². The molecule has 0 aliphatic carbocycles. The van der Waals surface area contributed by atoms with Gasteiger partial charge in [-0.05, 0) is 24.3 Å². The molecule has 0 amide bonds. The van der Waals surface area contributed by atoms with E-state index < -0.39 is 6.10 Å². The average molecular weight is 282 g/mol. The number of aliphatic hydroxyl groups is 1. The molecule has 21 heavy (non-hydrogen) atoms. The van der Waals surface area contributed by atoms with Gasteiger partial charge in [0.25, 0.3) is 0 Å². The number of rotatable bonds is 6. The van der Waals surface area contributed by atoms with Gasteiger partial charge in [0.15, 0.2) is 5.78 Å². The Hall–Kier alpha value is -1.93. The van der Waals surface area contributed by atoms with Crippen LogP contribution in [0.5, 0.6) is 0 Å². The van der Waals surface area contributed by atoms with Gasteiger partial charge in [-0.3, -0.25) is 4.79 Å². The molecule has 0 aliphatic heterocycles. The monoisotopic (exact) mass is 282 g/mol. The highest BCUT2D eigenvalue weighted by atomic mass is 16.3. The molecule has 0 unspecified atom stereocenters. The Labute approximate surface area is 126 Å². The van der Waals surface area contributed by atoms with E-state index in [1.165, 1.54) is 0 Å². The Morgan fingerprint density at radius 1 is 0.905 bits per heavy atom. The highest BCUT2D eigenvalue weighted by Crippen LogP contribution is 2.21. The van der Waals surface area contributed by atoms with E-state index >= 15 is 0 Å². The predicted octanol–water partition coefficient (Wildman–Crippen LogP) is 4.39. The highest BCUT2D eigenvalue weighted by molar-refractivity contribution is 6.08. The maximum atomic E-state index is 12.3. The summed E-state index contributed by atoms with van der Waals surface area (Å²) < 4.78 is 0. The third kappa shape index (κ3) is 4.27. The number of hydrogen-bond acceptors (Lipinski definition) is 2. The van der Waals surface area contributed by atoms with E-state index in [-0.39, 0.29) is 5.78 Å². The molecule has 0 saturated carbocycles. The van der Waals surface area contributed by atoms with Crippen molar-refractivity contribution < 1.29 is 9.90 Å². The van der Waals surface area contributed by atoms with Crippen molar-refractivity contribution in [2.75, 3.05) is 0 Å². The average Bonchev–Trinajstić information content (AvgIpc) is 2.53. The number of hydrogen-bond donors (Lipinski definition) is 1. The van der Waals surface area contributed by atoms with Crippen LogP contribution in [-0.4, -0.2) is 10.9 Å². The van der Waals surface area contributed by atoms with Crippen LogP contribution in [0.2, 0.25) is 0 Å². The van der Waals surface area contributed by atoms with Crippen molar-refractivity contribution >= 4 is 5.78 Å². The van der Waals surface area contributed by atoms with Gasteiger partial charge in [-0.25, -0.2) is 0 Å². The van der Waals surface area contributed by atoms with E-state index in [0.29, 0.717) is 17.0 Å². The number of aliphatic hydroxyl groups excluding tert-OH is 1. The Balaban J connectivity index is 2.07. The summed E-state index contributed by atoms with van der Waals surface area (Å²) in [4.78, 5) is 12.3. The summed E-state index contributed by atoms with van der Waals surface area (Å²) in [6, 6.07) is 16.5. The summed E-state index contributed by atoms with van der Waals surface area (Å²) in [6.45, 7) is 4.29. The minimum atomic E-state index is -0.451. The van der Waals surface area contributed by atoms with Crippen LogP contribution < -0.4 is 0 Å². The minimum Gasteiger partial charge on any atom is -0.388 e. The van der Waals surface area contributed by atoms with Crippen molar-refractivity contribution in [2.24, 2.45) is 5.92 Å². The number of benzene rings is 2. The van der Waals surface area contributed by atoms with Crippen molar-refractivity contribution in [1.29, 1.82) is 0 Å². The fourth-order valence-corrected chi connectivity index (χ4v) is 2.27. The largest absolute Gasteiger partial charge is 0.388 e. The first kappa shape index (κ1) is 15.5. The van der Waals surface area contributed by atoms with Crippen LogP contribution in [0.1, 0.15) is 54.3 Å². The third-order valence-electron chi connectivity index (χ3n) is 3.61. The predicted molar refractivity (Wildman–Crippen MR) is 85.3 cm³/mol. The molecule has 2 nitrogen and oxygen atoms in total. The second kappa shape index (κ2) is 7.19. The lowest BCUT2D eigenvalue weighted by molar-refractivity contribution is 0.103. The summed E-state index contributed by atoms with van der Waals surface area (Å²) in [5, 5.41) is 10.1. The molecule has 0 heterocycles. The van der Waals surface area contributed by atoms with Gasteiger partial charge < -0.3 is 5.11 Å². The minimum absolute atomic E-state index is 0.0128. The maximum Gasteiger partial charge on any atom is 0.193 e. The lowest BCUT2D eigenvalue weighted by Crippen LogP contribution is -2.03. The van der Waals surface area contributed by atoms with E-state index in [1.807, 2.05) is 42.5 Å². The molecule has 0 spiro atoms. The van der Waals surface area contributed by atoms with Crippen molar-refractivity contribution in [1.82, 2.24) is 0 Å². The van der Waals surface area contributed by atoms with Gasteiger partial charge in [-0.2, -0.15) is 0 Å². The van der Waals surface area contributed by atoms with Gasteiger partial charge in [-0.1, -0.05) is 68.4 Å². The number of ketones is 1. The standard InChI is InChI=1S/C19H22O2/c1-14(2)8-13-18(20)15-9-11-17(12-10-15)19(21)16-6-4-3-5-7-16/h3-7,9-12,14,18,20H,8,13H2,1-2H3/t18-/m1/s1. The molecule has 0 aliphatic rings. The van der Waals surface area contributed by atoms with Gasteiger partial charge >= 0.3 is 0 Å². The van der Waals surface area contributed by atoms with Gasteiger partial charge in [-0.15, -0.1) is 0 Å². The molecule has 0 aromatic heterocycles. The molecule has 0 fully saturated rings. The molecule has 2 heteroatoms. The van der Waals surface area contributed by atoms with Crippen molar-refractivity contribution in [3.8, 4) is 0 Å². The Morgan fingerprint density at radius 3 is 2.05 bits per heavy atom. The molecule has 0 radical (unpaired) electrons. The normalized spacial score (nSPS) is 12.4. The zero-order chi connectivity index (χ0) is 15.2. The van der Waals surface area contributed by atoms with Crippen LogP contribution in [0, 0.1) is 5.92 Å². The topological polar surface area (TPSA) is 37.3 Å². The summed E-state index contributed by atoms with van der Waals surface area (Å²) in [5.41, 5.74) is 2.21. The first-order valence-electron chi connectivity index (χ1n) is 7.45. The molecule has 1 N–H and O–H groups in total. The van der Waals surface area contributed by atoms with Crippen LogP contribution in [0.3, 0.4) is 0 Å². The Kier molecular flexibility index (Phi) is 5.29. The number of carbonyl (C=O) groups excluding carboxylic acids is 1. The molecule has 0 saturated heterocycles. The first-order valence-corrected chi connectivity index (χ1v) is 7.45. The molecule has 2 aromatic carbocycles.